The van der Waals surface area contributed by atoms with Crippen LogP contribution in [0.25, 0.3) is 22.4 Å². The number of H-pyrrole nitrogens is 1. The van der Waals surface area contributed by atoms with Crippen molar-refractivity contribution in [2.45, 2.75) is 4.90 Å². The Bertz CT molecular complexity index is 948. The Morgan fingerprint density at radius 2 is 1.95 bits per heavy atom. The highest BCUT2D eigenvalue weighted by atomic mass is 35.5. The smallest absolute Gasteiger partial charge is 0.175 e. The molecule has 0 spiro atoms. The van der Waals surface area contributed by atoms with Crippen LogP contribution in [0.2, 0.25) is 5.02 Å². The zero-order chi connectivity index (χ0) is 15.2. The molecule has 0 atom stereocenters. The molecule has 0 radical (unpaired) electrons. The SMILES string of the molecule is CS(=O)(=O)c1ccc2nc(-c3cc(N)ccc3Cl)[nH]c2c1. The van der Waals surface area contributed by atoms with Crippen molar-refractivity contribution < 1.29 is 8.42 Å². The first kappa shape index (κ1) is 13.9. The number of nitrogen functional groups attached to an aromatic ring is 1. The number of halogens is 1. The number of hydrogen-bond acceptors (Lipinski definition) is 4. The summed E-state index contributed by atoms with van der Waals surface area (Å²) in [6.45, 7) is 0. The van der Waals surface area contributed by atoms with Gasteiger partial charge in [0.05, 0.1) is 21.0 Å². The number of imidazole rings is 1. The summed E-state index contributed by atoms with van der Waals surface area (Å²) in [5, 5.41) is 0.520. The molecule has 3 rings (SSSR count). The monoisotopic (exact) mass is 321 g/mol. The van der Waals surface area contributed by atoms with E-state index in [2.05, 4.69) is 9.97 Å². The minimum Gasteiger partial charge on any atom is -0.399 e. The summed E-state index contributed by atoms with van der Waals surface area (Å²) in [5.41, 5.74) is 8.30. The standard InChI is InChI=1S/C14H12ClN3O2S/c1-21(19,20)9-3-5-12-13(7-9)18-14(17-12)10-6-8(16)2-4-11(10)15/h2-7H,16H2,1H3,(H,17,18). The molecule has 0 amide bonds. The Balaban J connectivity index is 2.20. The Hall–Kier alpha value is -2.05. The third kappa shape index (κ3) is 2.59. The molecule has 108 valence electrons. The summed E-state index contributed by atoms with van der Waals surface area (Å²) >= 11 is 6.15. The molecular weight excluding hydrogens is 310 g/mol. The molecule has 1 aromatic heterocycles. The van der Waals surface area contributed by atoms with Gasteiger partial charge < -0.3 is 10.7 Å². The van der Waals surface area contributed by atoms with Crippen LogP contribution in [-0.4, -0.2) is 24.6 Å². The predicted molar refractivity (Wildman–Crippen MR) is 84.1 cm³/mol. The quantitative estimate of drug-likeness (QED) is 0.710. The Labute approximate surface area is 126 Å². The van der Waals surface area contributed by atoms with E-state index in [0.717, 1.165) is 0 Å². The minimum atomic E-state index is -3.26. The van der Waals surface area contributed by atoms with Gasteiger partial charge in [-0.2, -0.15) is 0 Å². The Morgan fingerprint density at radius 3 is 2.67 bits per heavy atom. The molecule has 0 saturated heterocycles. The Morgan fingerprint density at radius 1 is 1.19 bits per heavy atom. The van der Waals surface area contributed by atoms with Gasteiger partial charge in [0.25, 0.3) is 0 Å². The summed E-state index contributed by atoms with van der Waals surface area (Å²) in [5.74, 6) is 0.549. The van der Waals surface area contributed by atoms with Crippen molar-refractivity contribution in [3.8, 4) is 11.4 Å². The molecule has 0 aliphatic rings. The maximum absolute atomic E-state index is 11.6. The molecule has 1 heterocycles. The second-order valence-corrected chi connectivity index (χ2v) is 7.20. The summed E-state index contributed by atoms with van der Waals surface area (Å²) in [7, 11) is -3.26. The van der Waals surface area contributed by atoms with E-state index in [-0.39, 0.29) is 4.90 Å². The van der Waals surface area contributed by atoms with E-state index >= 15 is 0 Å². The van der Waals surface area contributed by atoms with Crippen molar-refractivity contribution in [3.63, 3.8) is 0 Å². The first-order valence-electron chi connectivity index (χ1n) is 6.10. The summed E-state index contributed by atoms with van der Waals surface area (Å²) in [6, 6.07) is 9.87. The number of anilines is 1. The second kappa shape index (κ2) is 4.75. The van der Waals surface area contributed by atoms with Gasteiger partial charge in [0, 0.05) is 17.5 Å². The van der Waals surface area contributed by atoms with Gasteiger partial charge >= 0.3 is 0 Å². The van der Waals surface area contributed by atoms with Gasteiger partial charge in [0.15, 0.2) is 9.84 Å². The topological polar surface area (TPSA) is 88.8 Å². The maximum atomic E-state index is 11.6. The van der Waals surface area contributed by atoms with E-state index in [1.165, 1.54) is 12.3 Å². The highest BCUT2D eigenvalue weighted by molar-refractivity contribution is 7.90. The van der Waals surface area contributed by atoms with Crippen LogP contribution in [0.1, 0.15) is 0 Å². The van der Waals surface area contributed by atoms with Gasteiger partial charge in [-0.25, -0.2) is 13.4 Å². The summed E-state index contributed by atoms with van der Waals surface area (Å²) in [6.07, 6.45) is 1.17. The van der Waals surface area contributed by atoms with E-state index < -0.39 is 9.84 Å². The number of rotatable bonds is 2. The maximum Gasteiger partial charge on any atom is 0.175 e. The summed E-state index contributed by atoms with van der Waals surface area (Å²) in [4.78, 5) is 7.73. The van der Waals surface area contributed by atoms with Crippen molar-refractivity contribution in [2.24, 2.45) is 0 Å². The zero-order valence-electron chi connectivity index (χ0n) is 11.1. The van der Waals surface area contributed by atoms with E-state index in [0.29, 0.717) is 33.1 Å². The lowest BCUT2D eigenvalue weighted by molar-refractivity contribution is 0.602. The van der Waals surface area contributed by atoms with E-state index in [9.17, 15) is 8.42 Å². The van der Waals surface area contributed by atoms with E-state index in [1.54, 1.807) is 30.3 Å². The minimum absolute atomic E-state index is 0.240. The fourth-order valence-electron chi connectivity index (χ4n) is 2.07. The molecule has 0 aliphatic heterocycles. The molecule has 0 fully saturated rings. The number of fused-ring (bicyclic) bond motifs is 1. The van der Waals surface area contributed by atoms with E-state index in [4.69, 9.17) is 17.3 Å². The molecule has 3 aromatic rings. The normalized spacial score (nSPS) is 11.9. The largest absolute Gasteiger partial charge is 0.399 e. The fourth-order valence-corrected chi connectivity index (χ4v) is 2.93. The average molecular weight is 322 g/mol. The van der Waals surface area contributed by atoms with Crippen molar-refractivity contribution in [1.82, 2.24) is 9.97 Å². The molecule has 3 N–H and O–H groups in total. The van der Waals surface area contributed by atoms with Gasteiger partial charge in [0.1, 0.15) is 5.82 Å². The van der Waals surface area contributed by atoms with Crippen LogP contribution in [-0.2, 0) is 9.84 Å². The van der Waals surface area contributed by atoms with Crippen molar-refractivity contribution in [3.05, 3.63) is 41.4 Å². The van der Waals surface area contributed by atoms with Crippen LogP contribution < -0.4 is 5.73 Å². The number of aromatic amines is 1. The second-order valence-electron chi connectivity index (χ2n) is 4.78. The van der Waals surface area contributed by atoms with Gasteiger partial charge in [0.2, 0.25) is 0 Å². The first-order valence-corrected chi connectivity index (χ1v) is 8.37. The number of sulfone groups is 1. The molecule has 21 heavy (non-hydrogen) atoms. The number of nitrogens with one attached hydrogen (secondary N) is 1. The number of nitrogens with two attached hydrogens (primary N) is 1. The predicted octanol–water partition coefficient (Wildman–Crippen LogP) is 2.87. The highest BCUT2D eigenvalue weighted by Crippen LogP contribution is 2.29. The number of aromatic nitrogens is 2. The molecule has 0 unspecified atom stereocenters. The van der Waals surface area contributed by atoms with Gasteiger partial charge in [-0.05, 0) is 36.4 Å². The lowest BCUT2D eigenvalue weighted by Gasteiger charge is -2.01. The molecule has 2 aromatic carbocycles. The molecule has 5 nitrogen and oxygen atoms in total. The van der Waals surface area contributed by atoms with Crippen molar-refractivity contribution in [1.29, 1.82) is 0 Å². The van der Waals surface area contributed by atoms with Gasteiger partial charge in [-0.15, -0.1) is 0 Å². The average Bonchev–Trinajstić information content (AvgIpc) is 2.83. The third-order valence-electron chi connectivity index (χ3n) is 3.13. The van der Waals surface area contributed by atoms with Crippen LogP contribution in [0.5, 0.6) is 0 Å². The van der Waals surface area contributed by atoms with Crippen LogP contribution in [0.4, 0.5) is 5.69 Å². The number of hydrogen-bond donors (Lipinski definition) is 2. The highest BCUT2D eigenvalue weighted by Gasteiger charge is 2.12. The summed E-state index contributed by atoms with van der Waals surface area (Å²) < 4.78 is 23.2. The molecule has 0 aliphatic carbocycles. The fraction of sp³-hybridized carbons (Fsp3) is 0.0714. The molecule has 0 bridgehead atoms. The molecular formula is C14H12ClN3O2S. The Kier molecular flexibility index (Phi) is 3.15. The molecule has 7 heteroatoms. The van der Waals surface area contributed by atoms with Gasteiger partial charge in [-0.1, -0.05) is 11.6 Å². The van der Waals surface area contributed by atoms with Crippen LogP contribution in [0.15, 0.2) is 41.3 Å². The van der Waals surface area contributed by atoms with Crippen LogP contribution in [0.3, 0.4) is 0 Å². The lowest BCUT2D eigenvalue weighted by atomic mass is 10.2. The van der Waals surface area contributed by atoms with Crippen molar-refractivity contribution >= 4 is 38.2 Å². The molecule has 0 saturated carbocycles. The number of benzene rings is 2. The lowest BCUT2D eigenvalue weighted by Crippen LogP contribution is -1.96. The third-order valence-corrected chi connectivity index (χ3v) is 4.57. The van der Waals surface area contributed by atoms with Gasteiger partial charge in [-0.3, -0.25) is 0 Å². The van der Waals surface area contributed by atoms with Crippen molar-refractivity contribution in [2.75, 3.05) is 12.0 Å². The number of nitrogens with zero attached hydrogens (tertiary/aromatic N) is 1. The van der Waals surface area contributed by atoms with Crippen LogP contribution >= 0.6 is 11.6 Å². The first-order chi connectivity index (χ1) is 9.84. The zero-order valence-corrected chi connectivity index (χ0v) is 12.7. The van der Waals surface area contributed by atoms with E-state index in [1.807, 2.05) is 0 Å². The van der Waals surface area contributed by atoms with Crippen LogP contribution in [0, 0.1) is 0 Å².